The molecule has 0 radical (unpaired) electrons. The maximum absolute atomic E-state index is 9.80. The molecule has 0 saturated heterocycles. The summed E-state index contributed by atoms with van der Waals surface area (Å²) in [6, 6.07) is 3.70. The average Bonchev–Trinajstić information content (AvgIpc) is 2.03. The highest BCUT2D eigenvalue weighted by Gasteiger charge is 1.97. The molecule has 0 unspecified atom stereocenters. The monoisotopic (exact) mass is 196 g/mol. The second-order valence-electron chi connectivity index (χ2n) is 2.66. The van der Waals surface area contributed by atoms with E-state index in [9.17, 15) is 4.79 Å². The van der Waals surface area contributed by atoms with Gasteiger partial charge in [-0.3, -0.25) is 0 Å². The van der Waals surface area contributed by atoms with Crippen LogP contribution < -0.4 is 0 Å². The number of nitrogens with zero attached hydrogens (tertiary/aromatic N) is 2. The molecule has 4 heteroatoms. The summed E-state index contributed by atoms with van der Waals surface area (Å²) in [5.74, 6) is 0. The maximum Gasteiger partial charge on any atom is 0.234 e. The van der Waals surface area contributed by atoms with Gasteiger partial charge in [0.2, 0.25) is 6.08 Å². The molecule has 0 aliphatic rings. The van der Waals surface area contributed by atoms with E-state index in [1.54, 1.807) is 6.07 Å². The van der Waals surface area contributed by atoms with Crippen LogP contribution in [0.2, 0.25) is 5.15 Å². The first-order chi connectivity index (χ1) is 6.22. The molecule has 0 aliphatic heterocycles. The van der Waals surface area contributed by atoms with Crippen molar-refractivity contribution in [3.8, 4) is 0 Å². The Bertz CT molecular complexity index is 325. The minimum atomic E-state index is 0.448. The zero-order chi connectivity index (χ0) is 9.68. The highest BCUT2D eigenvalue weighted by Crippen LogP contribution is 2.10. The molecule has 0 aromatic carbocycles. The van der Waals surface area contributed by atoms with Gasteiger partial charge in [0.15, 0.2) is 0 Å². The van der Waals surface area contributed by atoms with Crippen molar-refractivity contribution in [2.45, 2.75) is 13.3 Å². The first-order valence-corrected chi connectivity index (χ1v) is 4.27. The standard InChI is InChI=1S/C9H9ClN2O/c1-7-4-8(2-3-11-6-13)5-9(10)12-7/h4-5H,2-3H2,1H3. The van der Waals surface area contributed by atoms with Crippen molar-refractivity contribution in [1.29, 1.82) is 0 Å². The molecular formula is C9H9ClN2O. The van der Waals surface area contributed by atoms with Gasteiger partial charge in [-0.15, -0.1) is 0 Å². The normalized spacial score (nSPS) is 9.38. The van der Waals surface area contributed by atoms with Crippen molar-refractivity contribution in [1.82, 2.24) is 4.98 Å². The Balaban J connectivity index is 2.71. The Hall–Kier alpha value is -1.18. The van der Waals surface area contributed by atoms with E-state index in [2.05, 4.69) is 9.98 Å². The molecule has 0 spiro atoms. The number of rotatable bonds is 3. The highest BCUT2D eigenvalue weighted by molar-refractivity contribution is 6.29. The number of carbonyl (C=O) groups excluding carboxylic acids is 1. The van der Waals surface area contributed by atoms with E-state index >= 15 is 0 Å². The van der Waals surface area contributed by atoms with Crippen molar-refractivity contribution < 1.29 is 4.79 Å². The number of halogens is 1. The minimum Gasteiger partial charge on any atom is -0.241 e. The van der Waals surface area contributed by atoms with Crippen LogP contribution in [-0.2, 0) is 11.2 Å². The van der Waals surface area contributed by atoms with E-state index in [1.807, 2.05) is 13.0 Å². The van der Waals surface area contributed by atoms with Crippen molar-refractivity contribution in [3.63, 3.8) is 0 Å². The first kappa shape index (κ1) is 9.90. The predicted molar refractivity (Wildman–Crippen MR) is 50.7 cm³/mol. The smallest absolute Gasteiger partial charge is 0.234 e. The summed E-state index contributed by atoms with van der Waals surface area (Å²) >= 11 is 5.74. The first-order valence-electron chi connectivity index (χ1n) is 3.89. The van der Waals surface area contributed by atoms with Crippen LogP contribution in [0.5, 0.6) is 0 Å². The van der Waals surface area contributed by atoms with Crippen molar-refractivity contribution >= 4 is 17.7 Å². The van der Waals surface area contributed by atoms with Gasteiger partial charge in [0.1, 0.15) is 5.15 Å². The number of aryl methyl sites for hydroxylation is 1. The lowest BCUT2D eigenvalue weighted by atomic mass is 10.2. The maximum atomic E-state index is 9.80. The molecule has 1 aromatic rings. The Morgan fingerprint density at radius 2 is 2.38 bits per heavy atom. The molecule has 0 amide bonds. The number of aliphatic imine (C=N–C) groups is 1. The fourth-order valence-electron chi connectivity index (χ4n) is 1.07. The fraction of sp³-hybridized carbons (Fsp3) is 0.333. The number of isocyanates is 1. The summed E-state index contributed by atoms with van der Waals surface area (Å²) in [6.45, 7) is 2.32. The van der Waals surface area contributed by atoms with Crippen LogP contribution in [0.3, 0.4) is 0 Å². The Labute approximate surface area is 81.5 Å². The molecule has 0 atom stereocenters. The number of pyridine rings is 1. The summed E-state index contributed by atoms with van der Waals surface area (Å²) < 4.78 is 0. The summed E-state index contributed by atoms with van der Waals surface area (Å²) in [4.78, 5) is 17.3. The number of hydrogen-bond acceptors (Lipinski definition) is 3. The molecular weight excluding hydrogens is 188 g/mol. The van der Waals surface area contributed by atoms with Crippen molar-refractivity contribution in [3.05, 3.63) is 28.5 Å². The number of aromatic nitrogens is 1. The van der Waals surface area contributed by atoms with E-state index < -0.39 is 0 Å². The van der Waals surface area contributed by atoms with E-state index in [1.165, 1.54) is 6.08 Å². The third-order valence-electron chi connectivity index (χ3n) is 1.56. The van der Waals surface area contributed by atoms with Crippen LogP contribution >= 0.6 is 11.6 Å². The zero-order valence-electron chi connectivity index (χ0n) is 7.25. The van der Waals surface area contributed by atoms with E-state index in [0.717, 1.165) is 11.3 Å². The quantitative estimate of drug-likeness (QED) is 0.421. The van der Waals surface area contributed by atoms with Gasteiger partial charge in [0.05, 0.1) is 6.54 Å². The highest BCUT2D eigenvalue weighted by atomic mass is 35.5. The lowest BCUT2D eigenvalue weighted by Gasteiger charge is -1.99. The second-order valence-corrected chi connectivity index (χ2v) is 3.05. The van der Waals surface area contributed by atoms with Gasteiger partial charge in [0, 0.05) is 5.69 Å². The van der Waals surface area contributed by atoms with Crippen LogP contribution in [0.25, 0.3) is 0 Å². The molecule has 0 N–H and O–H groups in total. The summed E-state index contributed by atoms with van der Waals surface area (Å²) in [5, 5.41) is 0.477. The Morgan fingerprint density at radius 1 is 1.62 bits per heavy atom. The molecule has 68 valence electrons. The van der Waals surface area contributed by atoms with Gasteiger partial charge in [-0.2, -0.15) is 0 Å². The largest absolute Gasteiger partial charge is 0.241 e. The van der Waals surface area contributed by atoms with Crippen LogP contribution in [0.15, 0.2) is 17.1 Å². The van der Waals surface area contributed by atoms with Crippen LogP contribution in [0.4, 0.5) is 0 Å². The molecule has 1 rings (SSSR count). The van der Waals surface area contributed by atoms with Gasteiger partial charge in [0.25, 0.3) is 0 Å². The number of hydrogen-bond donors (Lipinski definition) is 0. The van der Waals surface area contributed by atoms with Gasteiger partial charge in [-0.05, 0) is 31.0 Å². The molecule has 1 aromatic heterocycles. The summed E-state index contributed by atoms with van der Waals surface area (Å²) in [6.07, 6.45) is 2.19. The summed E-state index contributed by atoms with van der Waals surface area (Å²) in [7, 11) is 0. The fourth-order valence-corrected chi connectivity index (χ4v) is 1.34. The van der Waals surface area contributed by atoms with E-state index in [0.29, 0.717) is 18.1 Å². The minimum absolute atomic E-state index is 0.448. The lowest BCUT2D eigenvalue weighted by molar-refractivity contribution is 0.563. The van der Waals surface area contributed by atoms with Gasteiger partial charge >= 0.3 is 0 Å². The Morgan fingerprint density at radius 3 is 3.00 bits per heavy atom. The average molecular weight is 197 g/mol. The molecule has 0 bridgehead atoms. The topological polar surface area (TPSA) is 42.3 Å². The zero-order valence-corrected chi connectivity index (χ0v) is 8.01. The molecule has 3 nitrogen and oxygen atoms in total. The van der Waals surface area contributed by atoms with Gasteiger partial charge in [-0.25, -0.2) is 14.8 Å². The van der Waals surface area contributed by atoms with Crippen molar-refractivity contribution in [2.75, 3.05) is 6.54 Å². The Kier molecular flexibility index (Phi) is 3.62. The SMILES string of the molecule is Cc1cc(CCN=C=O)cc(Cl)n1. The second kappa shape index (κ2) is 4.75. The molecule has 0 saturated carbocycles. The predicted octanol–water partition coefficient (Wildman–Crippen LogP) is 1.92. The molecule has 0 aliphatic carbocycles. The van der Waals surface area contributed by atoms with E-state index in [-0.39, 0.29) is 0 Å². The van der Waals surface area contributed by atoms with Crippen molar-refractivity contribution in [2.24, 2.45) is 4.99 Å². The summed E-state index contributed by atoms with van der Waals surface area (Å²) in [5.41, 5.74) is 1.91. The molecule has 1 heterocycles. The van der Waals surface area contributed by atoms with Gasteiger partial charge in [-0.1, -0.05) is 11.6 Å². The van der Waals surface area contributed by atoms with Gasteiger partial charge < -0.3 is 0 Å². The molecule has 13 heavy (non-hydrogen) atoms. The third kappa shape index (κ3) is 3.36. The van der Waals surface area contributed by atoms with Crippen LogP contribution in [0.1, 0.15) is 11.3 Å². The van der Waals surface area contributed by atoms with Crippen LogP contribution in [0, 0.1) is 6.92 Å². The third-order valence-corrected chi connectivity index (χ3v) is 1.75. The van der Waals surface area contributed by atoms with Crippen LogP contribution in [-0.4, -0.2) is 17.6 Å². The van der Waals surface area contributed by atoms with E-state index in [4.69, 9.17) is 11.6 Å². The molecule has 0 fully saturated rings. The lowest BCUT2D eigenvalue weighted by Crippen LogP contribution is -1.92.